The molecular formula is C19H16ClF3N2S. The summed E-state index contributed by atoms with van der Waals surface area (Å²) in [5.74, 6) is 0. The van der Waals surface area contributed by atoms with Crippen LogP contribution in [0, 0.1) is 6.92 Å². The predicted molar refractivity (Wildman–Crippen MR) is 102 cm³/mol. The summed E-state index contributed by atoms with van der Waals surface area (Å²) in [5.41, 5.74) is 0.962. The molecule has 1 aromatic heterocycles. The van der Waals surface area contributed by atoms with Gasteiger partial charge in [-0.15, -0.1) is 0 Å². The first kappa shape index (κ1) is 20.3. The maximum absolute atomic E-state index is 13.5. The number of aromatic nitrogens is 1. The number of thioether (sulfide) groups is 1. The molecule has 136 valence electrons. The first-order valence-corrected chi connectivity index (χ1v) is 8.74. The minimum Gasteiger partial charge on any atom is -0.265 e. The molecule has 26 heavy (non-hydrogen) atoms. The van der Waals surface area contributed by atoms with Crippen LogP contribution in [0.25, 0.3) is 0 Å². The van der Waals surface area contributed by atoms with E-state index in [-0.39, 0.29) is 4.91 Å². The molecule has 0 radical (unpaired) electrons. The van der Waals surface area contributed by atoms with Gasteiger partial charge in [0.25, 0.3) is 0 Å². The Morgan fingerprint density at radius 2 is 1.69 bits per heavy atom. The number of rotatable bonds is 5. The average Bonchev–Trinajstić information content (AvgIpc) is 2.56. The molecule has 0 saturated carbocycles. The number of benzene rings is 1. The van der Waals surface area contributed by atoms with Gasteiger partial charge in [0.05, 0.1) is 0 Å². The molecule has 0 amide bonds. The van der Waals surface area contributed by atoms with Crippen molar-refractivity contribution >= 4 is 29.1 Å². The summed E-state index contributed by atoms with van der Waals surface area (Å²) in [6.45, 7) is 7.05. The summed E-state index contributed by atoms with van der Waals surface area (Å²) in [6.07, 6.45) is -1.61. The fourth-order valence-electron chi connectivity index (χ4n) is 2.05. The molecule has 2 nitrogen and oxygen atoms in total. The third-order valence-electron chi connectivity index (χ3n) is 3.39. The second kappa shape index (κ2) is 8.56. The Morgan fingerprint density at radius 3 is 2.23 bits per heavy atom. The van der Waals surface area contributed by atoms with Crippen LogP contribution in [0.2, 0.25) is 0 Å². The van der Waals surface area contributed by atoms with Gasteiger partial charge < -0.3 is 0 Å². The lowest BCUT2D eigenvalue weighted by Crippen LogP contribution is -2.14. The number of aryl methyl sites for hydroxylation is 1. The lowest BCUT2D eigenvalue weighted by molar-refractivity contribution is -0.0889. The molecule has 0 aliphatic heterocycles. The highest BCUT2D eigenvalue weighted by molar-refractivity contribution is 8.03. The largest absolute Gasteiger partial charge is 0.420 e. The Morgan fingerprint density at radius 1 is 1.12 bits per heavy atom. The number of allylic oxidation sites excluding steroid dienone is 1. The molecule has 0 fully saturated rings. The van der Waals surface area contributed by atoms with Gasteiger partial charge in [0.15, 0.2) is 0 Å². The molecule has 0 N–H and O–H groups in total. The van der Waals surface area contributed by atoms with E-state index in [1.165, 1.54) is 12.4 Å². The van der Waals surface area contributed by atoms with Crippen LogP contribution in [-0.4, -0.2) is 16.9 Å². The number of aliphatic imine (C=N–C) groups is 1. The molecule has 0 saturated heterocycles. The third kappa shape index (κ3) is 5.47. The molecule has 0 aliphatic carbocycles. The van der Waals surface area contributed by atoms with Crippen molar-refractivity contribution in [3.05, 3.63) is 82.1 Å². The van der Waals surface area contributed by atoms with Gasteiger partial charge in [-0.05, 0) is 43.7 Å². The van der Waals surface area contributed by atoms with Crippen LogP contribution in [-0.2, 0) is 0 Å². The molecule has 0 spiro atoms. The fourth-order valence-corrected chi connectivity index (χ4v) is 3.33. The number of hydrogen-bond donors (Lipinski definition) is 0. The van der Waals surface area contributed by atoms with E-state index in [0.717, 1.165) is 17.3 Å². The van der Waals surface area contributed by atoms with Crippen LogP contribution in [0.1, 0.15) is 18.1 Å². The van der Waals surface area contributed by atoms with Crippen molar-refractivity contribution in [2.75, 3.05) is 0 Å². The lowest BCUT2D eigenvalue weighted by atomic mass is 10.2. The minimum atomic E-state index is -4.67. The van der Waals surface area contributed by atoms with Crippen molar-refractivity contribution in [2.45, 2.75) is 24.9 Å². The zero-order chi connectivity index (χ0) is 19.3. The van der Waals surface area contributed by atoms with Crippen molar-refractivity contribution in [1.29, 1.82) is 0 Å². The van der Waals surface area contributed by atoms with Crippen LogP contribution in [0.4, 0.5) is 13.2 Å². The molecule has 2 rings (SSSR count). The van der Waals surface area contributed by atoms with E-state index in [1.54, 1.807) is 31.2 Å². The molecule has 1 aromatic carbocycles. The zero-order valence-corrected chi connectivity index (χ0v) is 15.7. The predicted octanol–water partition coefficient (Wildman–Crippen LogP) is 6.52. The summed E-state index contributed by atoms with van der Waals surface area (Å²) in [6, 6.07) is 10.4. The highest BCUT2D eigenvalue weighted by Crippen LogP contribution is 2.42. The minimum absolute atomic E-state index is 0.211. The number of nitrogens with zero attached hydrogens (tertiary/aromatic N) is 2. The first-order chi connectivity index (χ1) is 12.2. The van der Waals surface area contributed by atoms with E-state index in [9.17, 15) is 13.2 Å². The Labute approximate surface area is 159 Å². The molecule has 0 aliphatic rings. The van der Waals surface area contributed by atoms with E-state index in [2.05, 4.69) is 16.6 Å². The van der Waals surface area contributed by atoms with Crippen molar-refractivity contribution in [3.63, 3.8) is 0 Å². The highest BCUT2D eigenvalue weighted by Gasteiger charge is 2.38. The van der Waals surface area contributed by atoms with Gasteiger partial charge in [0.2, 0.25) is 0 Å². The summed E-state index contributed by atoms with van der Waals surface area (Å²) >= 11 is 6.85. The van der Waals surface area contributed by atoms with Gasteiger partial charge in [-0.3, -0.25) is 4.98 Å². The maximum atomic E-state index is 13.5. The summed E-state index contributed by atoms with van der Waals surface area (Å²) < 4.78 is 40.6. The van der Waals surface area contributed by atoms with E-state index >= 15 is 0 Å². The number of halogens is 4. The summed E-state index contributed by atoms with van der Waals surface area (Å²) in [7, 11) is 0. The smallest absolute Gasteiger partial charge is 0.265 e. The summed E-state index contributed by atoms with van der Waals surface area (Å²) in [4.78, 5) is 8.23. The molecule has 2 aromatic rings. The highest BCUT2D eigenvalue weighted by atomic mass is 35.5. The number of pyridine rings is 1. The van der Waals surface area contributed by atoms with Crippen LogP contribution in [0.5, 0.6) is 0 Å². The Kier molecular flexibility index (Phi) is 6.67. The molecule has 0 bridgehead atoms. The Balaban J connectivity index is 2.37. The van der Waals surface area contributed by atoms with Crippen molar-refractivity contribution < 1.29 is 13.2 Å². The van der Waals surface area contributed by atoms with Gasteiger partial charge >= 0.3 is 6.18 Å². The first-order valence-electron chi connectivity index (χ1n) is 7.55. The third-order valence-corrected chi connectivity index (χ3v) is 4.63. The van der Waals surface area contributed by atoms with E-state index in [4.69, 9.17) is 11.6 Å². The lowest BCUT2D eigenvalue weighted by Gasteiger charge is -2.15. The Bertz CT molecular complexity index is 841. The van der Waals surface area contributed by atoms with Crippen LogP contribution >= 0.6 is 23.4 Å². The van der Waals surface area contributed by atoms with E-state index in [1.807, 2.05) is 19.1 Å². The SMILES string of the molecule is C=C(Sc1ccc(C)cc1)/C(=C(Cl)\N=C(/C)c1ccncc1)C(F)(F)F. The van der Waals surface area contributed by atoms with Gasteiger partial charge in [-0.25, -0.2) is 4.99 Å². The van der Waals surface area contributed by atoms with Crippen LogP contribution in [0.3, 0.4) is 0 Å². The molecule has 7 heteroatoms. The molecule has 1 heterocycles. The van der Waals surface area contributed by atoms with Crippen molar-refractivity contribution in [2.24, 2.45) is 4.99 Å². The quantitative estimate of drug-likeness (QED) is 0.249. The topological polar surface area (TPSA) is 25.2 Å². The Hall–Kier alpha value is -2.05. The van der Waals surface area contributed by atoms with Crippen LogP contribution in [0.15, 0.2) is 80.9 Å². The van der Waals surface area contributed by atoms with Crippen LogP contribution < -0.4 is 0 Å². The molecule has 0 atom stereocenters. The average molecular weight is 397 g/mol. The number of alkyl halides is 3. The zero-order valence-electron chi connectivity index (χ0n) is 14.1. The normalized spacial score (nSPS) is 13.4. The maximum Gasteiger partial charge on any atom is 0.420 e. The van der Waals surface area contributed by atoms with Gasteiger partial charge in [-0.2, -0.15) is 13.2 Å². The summed E-state index contributed by atoms with van der Waals surface area (Å²) in [5, 5.41) is -0.642. The van der Waals surface area contributed by atoms with E-state index in [0.29, 0.717) is 16.2 Å². The standard InChI is InChI=1S/C19H16ClF3N2S/c1-12-4-6-16(7-5-12)26-14(3)17(19(21,22)23)18(20)25-13(2)15-8-10-24-11-9-15/h4-11H,3H2,1-2H3/b18-17+,25-13+. The van der Waals surface area contributed by atoms with E-state index < -0.39 is 16.9 Å². The van der Waals surface area contributed by atoms with Crippen molar-refractivity contribution in [3.8, 4) is 0 Å². The van der Waals surface area contributed by atoms with Gasteiger partial charge in [0.1, 0.15) is 10.7 Å². The number of hydrogen-bond acceptors (Lipinski definition) is 3. The van der Waals surface area contributed by atoms with Crippen molar-refractivity contribution in [1.82, 2.24) is 4.98 Å². The second-order valence-electron chi connectivity index (χ2n) is 5.43. The second-order valence-corrected chi connectivity index (χ2v) is 6.96. The monoisotopic (exact) mass is 396 g/mol. The van der Waals surface area contributed by atoms with Gasteiger partial charge in [0, 0.05) is 27.9 Å². The fraction of sp³-hybridized carbons (Fsp3) is 0.158. The molecular weight excluding hydrogens is 381 g/mol. The van der Waals surface area contributed by atoms with Gasteiger partial charge in [-0.1, -0.05) is 47.6 Å². The molecule has 0 unspecified atom stereocenters.